The van der Waals surface area contributed by atoms with Crippen LogP contribution in [0.4, 0.5) is 0 Å². The molecule has 0 saturated heterocycles. The van der Waals surface area contributed by atoms with Gasteiger partial charge in [0.1, 0.15) is 0 Å². The van der Waals surface area contributed by atoms with Crippen LogP contribution in [0.5, 0.6) is 0 Å². The molecular formula is C16H20N2. The van der Waals surface area contributed by atoms with E-state index in [1.54, 1.807) is 0 Å². The average molecular weight is 240 g/mol. The van der Waals surface area contributed by atoms with Gasteiger partial charge in [-0.3, -0.25) is 4.98 Å². The first kappa shape index (κ1) is 11.7. The minimum absolute atomic E-state index is 0.904. The van der Waals surface area contributed by atoms with E-state index in [9.17, 15) is 0 Å². The van der Waals surface area contributed by atoms with E-state index in [0.29, 0.717) is 0 Å². The van der Waals surface area contributed by atoms with Crippen molar-refractivity contribution in [3.8, 4) is 0 Å². The summed E-state index contributed by atoms with van der Waals surface area (Å²) in [6.07, 6.45) is 9.48. The van der Waals surface area contributed by atoms with E-state index in [2.05, 4.69) is 34.6 Å². The van der Waals surface area contributed by atoms with Gasteiger partial charge in [-0.05, 0) is 42.3 Å². The van der Waals surface area contributed by atoms with Crippen LogP contribution < -0.4 is 5.32 Å². The van der Waals surface area contributed by atoms with Crippen LogP contribution in [0.15, 0.2) is 36.7 Å². The molecule has 94 valence electrons. The van der Waals surface area contributed by atoms with E-state index < -0.39 is 0 Å². The van der Waals surface area contributed by atoms with Crippen molar-refractivity contribution < 1.29 is 0 Å². The van der Waals surface area contributed by atoms with Gasteiger partial charge in [-0.25, -0.2) is 0 Å². The lowest BCUT2D eigenvalue weighted by molar-refractivity contribution is 0.490. The van der Waals surface area contributed by atoms with Crippen LogP contribution in [0.3, 0.4) is 0 Å². The Kier molecular flexibility index (Phi) is 3.56. The van der Waals surface area contributed by atoms with Gasteiger partial charge in [0.15, 0.2) is 0 Å². The first-order valence-electron chi connectivity index (χ1n) is 6.96. The summed E-state index contributed by atoms with van der Waals surface area (Å²) < 4.78 is 0. The molecule has 0 atom stereocenters. The number of hydrogen-bond donors (Lipinski definition) is 1. The lowest BCUT2D eigenvalue weighted by Gasteiger charge is -2.11. The van der Waals surface area contributed by atoms with Gasteiger partial charge in [0, 0.05) is 24.3 Å². The van der Waals surface area contributed by atoms with Crippen molar-refractivity contribution in [1.82, 2.24) is 10.3 Å². The molecule has 0 spiro atoms. The number of fused-ring (bicyclic) bond motifs is 1. The summed E-state index contributed by atoms with van der Waals surface area (Å²) >= 11 is 0. The highest BCUT2D eigenvalue weighted by Crippen LogP contribution is 2.24. The van der Waals surface area contributed by atoms with Crippen LogP contribution in [-0.4, -0.2) is 11.5 Å². The summed E-state index contributed by atoms with van der Waals surface area (Å²) in [5, 5.41) is 6.17. The maximum Gasteiger partial charge on any atom is 0.0346 e. The number of nitrogens with zero attached hydrogens (tertiary/aromatic N) is 1. The second-order valence-electron chi connectivity index (χ2n) is 5.30. The van der Waals surface area contributed by atoms with Crippen molar-refractivity contribution in [1.29, 1.82) is 0 Å². The van der Waals surface area contributed by atoms with Gasteiger partial charge in [0.05, 0.1) is 0 Å². The van der Waals surface area contributed by atoms with Gasteiger partial charge < -0.3 is 5.32 Å². The molecular weight excluding hydrogens is 220 g/mol. The Morgan fingerprint density at radius 1 is 1.17 bits per heavy atom. The minimum atomic E-state index is 0.904. The molecule has 0 amide bonds. The van der Waals surface area contributed by atoms with Crippen molar-refractivity contribution in [3.05, 3.63) is 42.2 Å². The molecule has 2 aromatic rings. The van der Waals surface area contributed by atoms with E-state index in [-0.39, 0.29) is 0 Å². The lowest BCUT2D eigenvalue weighted by atomic mass is 10.1. The molecule has 1 aliphatic carbocycles. The Hall–Kier alpha value is -1.41. The summed E-state index contributed by atoms with van der Waals surface area (Å²) in [6, 6.07) is 8.57. The summed E-state index contributed by atoms with van der Waals surface area (Å²) in [5.74, 6) is 0.904. The van der Waals surface area contributed by atoms with Crippen LogP contribution in [0, 0.1) is 5.92 Å². The molecule has 1 heterocycles. The molecule has 0 radical (unpaired) electrons. The maximum atomic E-state index is 4.18. The summed E-state index contributed by atoms with van der Waals surface area (Å²) in [4.78, 5) is 4.18. The van der Waals surface area contributed by atoms with Gasteiger partial charge in [0.25, 0.3) is 0 Å². The number of rotatable bonds is 4. The molecule has 1 N–H and O–H groups in total. The zero-order chi connectivity index (χ0) is 12.2. The molecule has 2 heteroatoms. The maximum absolute atomic E-state index is 4.18. The number of aromatic nitrogens is 1. The number of hydrogen-bond acceptors (Lipinski definition) is 2. The van der Waals surface area contributed by atoms with Crippen LogP contribution in [-0.2, 0) is 6.54 Å². The standard InChI is InChI=1S/C16H20N2/c1-2-5-13(4-1)10-18-12-15-7-3-6-14-11-17-9-8-16(14)15/h3,6-9,11,13,18H,1-2,4-5,10,12H2. The third-order valence-corrected chi connectivity index (χ3v) is 3.99. The van der Waals surface area contributed by atoms with E-state index in [0.717, 1.165) is 12.5 Å². The molecule has 1 saturated carbocycles. The van der Waals surface area contributed by atoms with Crippen molar-refractivity contribution in [3.63, 3.8) is 0 Å². The molecule has 1 aliphatic rings. The van der Waals surface area contributed by atoms with Gasteiger partial charge in [-0.15, -0.1) is 0 Å². The van der Waals surface area contributed by atoms with E-state index in [1.165, 1.54) is 48.6 Å². The molecule has 18 heavy (non-hydrogen) atoms. The van der Waals surface area contributed by atoms with Gasteiger partial charge in [-0.2, -0.15) is 0 Å². The highest BCUT2D eigenvalue weighted by molar-refractivity contribution is 5.84. The Morgan fingerprint density at radius 2 is 2.06 bits per heavy atom. The first-order chi connectivity index (χ1) is 8.93. The van der Waals surface area contributed by atoms with Gasteiger partial charge in [-0.1, -0.05) is 31.0 Å². The van der Waals surface area contributed by atoms with Crippen LogP contribution in [0.25, 0.3) is 10.8 Å². The number of nitrogens with one attached hydrogen (secondary N) is 1. The monoisotopic (exact) mass is 240 g/mol. The summed E-state index contributed by atoms with van der Waals surface area (Å²) in [5.41, 5.74) is 1.38. The molecule has 1 aromatic heterocycles. The molecule has 0 bridgehead atoms. The topological polar surface area (TPSA) is 24.9 Å². The van der Waals surface area contributed by atoms with E-state index in [4.69, 9.17) is 0 Å². The smallest absolute Gasteiger partial charge is 0.0346 e. The second-order valence-corrected chi connectivity index (χ2v) is 5.30. The molecule has 3 rings (SSSR count). The number of pyridine rings is 1. The Morgan fingerprint density at radius 3 is 2.94 bits per heavy atom. The quantitative estimate of drug-likeness (QED) is 0.884. The highest BCUT2D eigenvalue weighted by Gasteiger charge is 2.14. The lowest BCUT2D eigenvalue weighted by Crippen LogP contribution is -2.20. The van der Waals surface area contributed by atoms with Crippen LogP contribution in [0.2, 0.25) is 0 Å². The summed E-state index contributed by atoms with van der Waals surface area (Å²) in [7, 11) is 0. The summed E-state index contributed by atoms with van der Waals surface area (Å²) in [6.45, 7) is 2.14. The van der Waals surface area contributed by atoms with Gasteiger partial charge in [0.2, 0.25) is 0 Å². The Labute approximate surface area is 108 Å². The highest BCUT2D eigenvalue weighted by atomic mass is 14.9. The van der Waals surface area contributed by atoms with E-state index in [1.807, 2.05) is 12.4 Å². The van der Waals surface area contributed by atoms with Crippen LogP contribution >= 0.6 is 0 Å². The van der Waals surface area contributed by atoms with Crippen molar-refractivity contribution in [2.45, 2.75) is 32.2 Å². The van der Waals surface area contributed by atoms with Crippen molar-refractivity contribution in [2.24, 2.45) is 5.92 Å². The third-order valence-electron chi connectivity index (χ3n) is 3.99. The fourth-order valence-corrected chi connectivity index (χ4v) is 2.97. The largest absolute Gasteiger partial charge is 0.312 e. The zero-order valence-electron chi connectivity index (χ0n) is 10.7. The first-order valence-corrected chi connectivity index (χ1v) is 6.96. The molecule has 0 aliphatic heterocycles. The predicted octanol–water partition coefficient (Wildman–Crippen LogP) is 3.51. The Balaban J connectivity index is 1.66. The normalized spacial score (nSPS) is 16.4. The molecule has 2 nitrogen and oxygen atoms in total. The Bertz CT molecular complexity index is 510. The van der Waals surface area contributed by atoms with Gasteiger partial charge >= 0.3 is 0 Å². The fourth-order valence-electron chi connectivity index (χ4n) is 2.97. The average Bonchev–Trinajstić information content (AvgIpc) is 2.92. The fraction of sp³-hybridized carbons (Fsp3) is 0.438. The van der Waals surface area contributed by atoms with Crippen LogP contribution in [0.1, 0.15) is 31.2 Å². The van der Waals surface area contributed by atoms with E-state index >= 15 is 0 Å². The molecule has 1 fully saturated rings. The third kappa shape index (κ3) is 2.54. The molecule has 1 aromatic carbocycles. The predicted molar refractivity (Wildman–Crippen MR) is 75.4 cm³/mol. The SMILES string of the molecule is c1cc(CNCC2CCCC2)c2ccncc2c1. The minimum Gasteiger partial charge on any atom is -0.312 e. The zero-order valence-corrected chi connectivity index (χ0v) is 10.7. The van der Waals surface area contributed by atoms with Crippen molar-refractivity contribution in [2.75, 3.05) is 6.54 Å². The van der Waals surface area contributed by atoms with Crippen molar-refractivity contribution >= 4 is 10.8 Å². The molecule has 0 unspecified atom stereocenters. The number of benzene rings is 1. The second kappa shape index (κ2) is 5.49.